The highest BCUT2D eigenvalue weighted by Gasteiger charge is 2.33. The van der Waals surface area contributed by atoms with Crippen LogP contribution in [0, 0.1) is 0 Å². The summed E-state index contributed by atoms with van der Waals surface area (Å²) < 4.78 is 38.9. The molecule has 0 aromatic heterocycles. The van der Waals surface area contributed by atoms with Crippen molar-refractivity contribution < 1.29 is 22.8 Å². The Morgan fingerprint density at radius 2 is 1.84 bits per heavy atom. The Morgan fingerprint density at radius 1 is 1.12 bits per heavy atom. The molecule has 1 saturated heterocycles. The van der Waals surface area contributed by atoms with Gasteiger partial charge in [-0.3, -0.25) is 14.5 Å². The van der Waals surface area contributed by atoms with Gasteiger partial charge in [-0.05, 0) is 42.0 Å². The van der Waals surface area contributed by atoms with Crippen molar-refractivity contribution in [1.82, 2.24) is 4.90 Å². The Hall–Kier alpha value is -1.78. The van der Waals surface area contributed by atoms with E-state index in [-0.39, 0.29) is 28.0 Å². The fourth-order valence-corrected chi connectivity index (χ4v) is 4.60. The molecule has 4 nitrogen and oxygen atoms in total. The molecule has 0 atom stereocenters. The Kier molecular flexibility index (Phi) is 7.77. The summed E-state index contributed by atoms with van der Waals surface area (Å²) in [5.41, 5.74) is -0.539. The third-order valence-corrected chi connectivity index (χ3v) is 6.52. The van der Waals surface area contributed by atoms with Crippen LogP contribution in [0.3, 0.4) is 0 Å². The maximum atomic E-state index is 12.9. The summed E-state index contributed by atoms with van der Waals surface area (Å²) in [5, 5.41) is 3.11. The number of rotatable bonds is 5. The Morgan fingerprint density at radius 3 is 2.50 bits per heavy atom. The Labute approximate surface area is 205 Å². The standard InChI is InChI=1S/C20H12Cl3F3N2O2S2/c21-12-3-1-10(14(23)9-12)7-16-18(30)28(19(31)32-16)6-5-17(29)27-15-8-11(20(24,25)26)2-4-13(15)22/h1-4,7-9H,5-6H2,(H,27,29). The van der Waals surface area contributed by atoms with E-state index in [2.05, 4.69) is 5.32 Å². The SMILES string of the molecule is O=C(CCN1C(=O)C(=Cc2ccc(Cl)cc2Cl)SC1=S)Nc1cc(C(F)(F)F)ccc1Cl. The van der Waals surface area contributed by atoms with E-state index in [1.54, 1.807) is 24.3 Å². The number of thiocarbonyl (C=S) groups is 1. The summed E-state index contributed by atoms with van der Waals surface area (Å²) in [4.78, 5) is 26.5. The molecule has 0 saturated carbocycles. The van der Waals surface area contributed by atoms with Gasteiger partial charge in [-0.25, -0.2) is 0 Å². The first-order chi connectivity index (χ1) is 15.0. The van der Waals surface area contributed by atoms with E-state index in [1.807, 2.05) is 0 Å². The molecule has 1 N–H and O–H groups in total. The van der Waals surface area contributed by atoms with Gasteiger partial charge in [0.25, 0.3) is 5.91 Å². The van der Waals surface area contributed by atoms with E-state index in [0.29, 0.717) is 20.5 Å². The lowest BCUT2D eigenvalue weighted by atomic mass is 10.2. The molecule has 0 radical (unpaired) electrons. The maximum absolute atomic E-state index is 12.9. The van der Waals surface area contributed by atoms with E-state index in [0.717, 1.165) is 30.0 Å². The van der Waals surface area contributed by atoms with Gasteiger partial charge in [-0.1, -0.05) is 64.8 Å². The molecule has 0 aliphatic carbocycles. The number of thioether (sulfide) groups is 1. The first kappa shape index (κ1) is 24.9. The lowest BCUT2D eigenvalue weighted by Crippen LogP contribution is -2.31. The van der Waals surface area contributed by atoms with E-state index < -0.39 is 23.6 Å². The van der Waals surface area contributed by atoms with Gasteiger partial charge in [0.1, 0.15) is 4.32 Å². The summed E-state index contributed by atoms with van der Waals surface area (Å²) in [5.74, 6) is -1.03. The van der Waals surface area contributed by atoms with Crippen LogP contribution in [-0.4, -0.2) is 27.6 Å². The van der Waals surface area contributed by atoms with Crippen molar-refractivity contribution >= 4 is 86.7 Å². The fraction of sp³-hybridized carbons (Fsp3) is 0.150. The third kappa shape index (κ3) is 5.96. The second-order valence-corrected chi connectivity index (χ2v) is 9.42. The zero-order chi connectivity index (χ0) is 23.6. The van der Waals surface area contributed by atoms with Crippen LogP contribution >= 0.6 is 58.8 Å². The number of halogens is 6. The number of hydrogen-bond acceptors (Lipinski definition) is 4. The van der Waals surface area contributed by atoms with Crippen LogP contribution in [0.15, 0.2) is 41.3 Å². The maximum Gasteiger partial charge on any atom is 0.416 e. The van der Waals surface area contributed by atoms with Crippen LogP contribution in [-0.2, 0) is 15.8 Å². The first-order valence-corrected chi connectivity index (χ1v) is 11.2. The predicted octanol–water partition coefficient (Wildman–Crippen LogP) is 6.90. The predicted molar refractivity (Wildman–Crippen MR) is 126 cm³/mol. The minimum Gasteiger partial charge on any atom is -0.325 e. The van der Waals surface area contributed by atoms with Gasteiger partial charge in [0.05, 0.1) is 21.2 Å². The molecule has 3 rings (SSSR count). The number of nitrogens with one attached hydrogen (secondary N) is 1. The third-order valence-electron chi connectivity index (χ3n) is 4.25. The Bertz CT molecular complexity index is 1140. The molecule has 2 aromatic rings. The molecule has 2 amide bonds. The van der Waals surface area contributed by atoms with Crippen molar-refractivity contribution in [2.24, 2.45) is 0 Å². The van der Waals surface area contributed by atoms with Crippen molar-refractivity contribution in [3.63, 3.8) is 0 Å². The van der Waals surface area contributed by atoms with Gasteiger partial charge in [-0.15, -0.1) is 0 Å². The van der Waals surface area contributed by atoms with Crippen LogP contribution < -0.4 is 5.32 Å². The molecule has 1 aliphatic heterocycles. The Balaban J connectivity index is 1.66. The van der Waals surface area contributed by atoms with Crippen LogP contribution in [0.4, 0.5) is 18.9 Å². The molecule has 0 spiro atoms. The first-order valence-electron chi connectivity index (χ1n) is 8.82. The monoisotopic (exact) mass is 538 g/mol. The molecule has 2 aromatic carbocycles. The number of alkyl halides is 3. The molecular weight excluding hydrogens is 528 g/mol. The van der Waals surface area contributed by atoms with Crippen LogP contribution in [0.5, 0.6) is 0 Å². The second kappa shape index (κ2) is 10.0. The van der Waals surface area contributed by atoms with Gasteiger partial charge >= 0.3 is 6.18 Å². The molecule has 1 aliphatic rings. The molecule has 12 heteroatoms. The topological polar surface area (TPSA) is 49.4 Å². The lowest BCUT2D eigenvalue weighted by molar-refractivity contribution is -0.137. The number of carbonyl (C=O) groups is 2. The second-order valence-electron chi connectivity index (χ2n) is 6.49. The largest absolute Gasteiger partial charge is 0.416 e. The summed E-state index contributed by atoms with van der Waals surface area (Å²) in [6.45, 7) is -0.0568. The van der Waals surface area contributed by atoms with Crippen LogP contribution in [0.1, 0.15) is 17.5 Å². The molecule has 168 valence electrons. The number of hydrogen-bond donors (Lipinski definition) is 1. The number of carbonyl (C=O) groups excluding carboxylic acids is 2. The van der Waals surface area contributed by atoms with Crippen molar-refractivity contribution in [3.8, 4) is 0 Å². The zero-order valence-corrected chi connectivity index (χ0v) is 19.7. The highest BCUT2D eigenvalue weighted by atomic mass is 35.5. The van der Waals surface area contributed by atoms with Gasteiger partial charge in [0, 0.05) is 23.0 Å². The van der Waals surface area contributed by atoms with Gasteiger partial charge in [0.2, 0.25) is 5.91 Å². The normalized spacial score (nSPS) is 15.6. The lowest BCUT2D eigenvalue weighted by Gasteiger charge is -2.15. The van der Waals surface area contributed by atoms with E-state index in [4.69, 9.17) is 47.0 Å². The highest BCUT2D eigenvalue weighted by molar-refractivity contribution is 8.26. The molecule has 0 bridgehead atoms. The van der Waals surface area contributed by atoms with Gasteiger partial charge in [0.15, 0.2) is 0 Å². The average Bonchev–Trinajstić information content (AvgIpc) is 2.96. The van der Waals surface area contributed by atoms with Crippen molar-refractivity contribution in [3.05, 3.63) is 67.5 Å². The molecule has 1 heterocycles. The van der Waals surface area contributed by atoms with E-state index in [9.17, 15) is 22.8 Å². The fourth-order valence-electron chi connectivity index (χ4n) is 2.68. The average molecular weight is 540 g/mol. The zero-order valence-electron chi connectivity index (χ0n) is 15.8. The van der Waals surface area contributed by atoms with Crippen LogP contribution in [0.25, 0.3) is 6.08 Å². The van der Waals surface area contributed by atoms with Crippen molar-refractivity contribution in [2.45, 2.75) is 12.6 Å². The molecular formula is C20H12Cl3F3N2O2S2. The summed E-state index contributed by atoms with van der Waals surface area (Å²) in [6, 6.07) is 7.44. The number of anilines is 1. The smallest absolute Gasteiger partial charge is 0.325 e. The minimum atomic E-state index is -4.58. The minimum absolute atomic E-state index is 0.0419. The quantitative estimate of drug-likeness (QED) is 0.332. The number of nitrogens with zero attached hydrogens (tertiary/aromatic N) is 1. The van der Waals surface area contributed by atoms with E-state index in [1.165, 1.54) is 4.90 Å². The highest BCUT2D eigenvalue weighted by Crippen LogP contribution is 2.35. The molecule has 32 heavy (non-hydrogen) atoms. The van der Waals surface area contributed by atoms with Crippen molar-refractivity contribution in [2.75, 3.05) is 11.9 Å². The van der Waals surface area contributed by atoms with E-state index >= 15 is 0 Å². The van der Waals surface area contributed by atoms with Crippen LogP contribution in [0.2, 0.25) is 15.1 Å². The van der Waals surface area contributed by atoms with Crippen molar-refractivity contribution in [1.29, 1.82) is 0 Å². The molecule has 1 fully saturated rings. The summed E-state index contributed by atoms with van der Waals surface area (Å²) in [7, 11) is 0. The molecule has 0 unspecified atom stereocenters. The summed E-state index contributed by atoms with van der Waals surface area (Å²) in [6.07, 6.45) is -3.21. The number of benzene rings is 2. The van der Waals surface area contributed by atoms with Gasteiger partial charge < -0.3 is 5.32 Å². The summed E-state index contributed by atoms with van der Waals surface area (Å²) >= 11 is 24.2. The van der Waals surface area contributed by atoms with Gasteiger partial charge in [-0.2, -0.15) is 13.2 Å². The number of amides is 2.